The molecule has 38 heavy (non-hydrogen) atoms. The molecule has 1 unspecified atom stereocenters. The highest BCUT2D eigenvalue weighted by molar-refractivity contribution is 6.02. The fourth-order valence-corrected chi connectivity index (χ4v) is 6.19. The molecule has 1 heteroatoms. The average Bonchev–Trinajstić information content (AvgIpc) is 2.93. The van der Waals surface area contributed by atoms with Gasteiger partial charge < -0.3 is 0 Å². The number of ketones is 1. The van der Waals surface area contributed by atoms with Crippen molar-refractivity contribution >= 4 is 11.9 Å². The fourth-order valence-electron chi connectivity index (χ4n) is 6.19. The average molecular weight is 507 g/mol. The quantitative estimate of drug-likeness (QED) is 0.312. The number of carbonyl (C=O) groups excluding carboxylic acids is 1. The van der Waals surface area contributed by atoms with Crippen LogP contribution < -0.4 is 0 Å². The summed E-state index contributed by atoms with van der Waals surface area (Å²) in [7, 11) is 0. The van der Waals surface area contributed by atoms with Gasteiger partial charge in [-0.15, -0.1) is 0 Å². The number of hydrogen-bond donors (Lipinski definition) is 0. The van der Waals surface area contributed by atoms with Crippen molar-refractivity contribution in [3.05, 3.63) is 112 Å². The van der Waals surface area contributed by atoms with Crippen LogP contribution in [0.1, 0.15) is 111 Å². The summed E-state index contributed by atoms with van der Waals surface area (Å²) in [4.78, 5) is 13.1. The predicted molar refractivity (Wildman–Crippen MR) is 163 cm³/mol. The first-order valence-electron chi connectivity index (χ1n) is 15.0. The van der Waals surface area contributed by atoms with Crippen molar-refractivity contribution in [1.29, 1.82) is 0 Å². The van der Waals surface area contributed by atoms with Gasteiger partial charge in [0.2, 0.25) is 0 Å². The normalized spacial score (nSPS) is 20.6. The number of fused-ring (bicyclic) bond motifs is 1. The Balaban J connectivity index is 0.00000164. The molecule has 0 amide bonds. The lowest BCUT2D eigenvalue weighted by Crippen LogP contribution is -2.18. The number of benzene rings is 3. The van der Waals surface area contributed by atoms with Gasteiger partial charge in [-0.05, 0) is 94.9 Å². The van der Waals surface area contributed by atoms with E-state index in [1.54, 1.807) is 6.08 Å². The minimum atomic E-state index is -0.102. The van der Waals surface area contributed by atoms with Gasteiger partial charge in [0.25, 0.3) is 0 Å². The zero-order valence-electron chi connectivity index (χ0n) is 24.2. The highest BCUT2D eigenvalue weighted by atomic mass is 16.1. The molecule has 1 nitrogen and oxygen atoms in total. The number of hydrogen-bond acceptors (Lipinski definition) is 1. The van der Waals surface area contributed by atoms with E-state index >= 15 is 0 Å². The second kappa shape index (κ2) is 13.2. The topological polar surface area (TPSA) is 17.1 Å². The van der Waals surface area contributed by atoms with Gasteiger partial charge in [0.05, 0.1) is 5.92 Å². The van der Waals surface area contributed by atoms with Crippen LogP contribution in [0.5, 0.6) is 0 Å². The van der Waals surface area contributed by atoms with E-state index in [4.69, 9.17) is 0 Å². The molecule has 1 fully saturated rings. The number of rotatable bonds is 7. The van der Waals surface area contributed by atoms with Crippen LogP contribution in [0.4, 0.5) is 0 Å². The van der Waals surface area contributed by atoms with Crippen LogP contribution in [0.3, 0.4) is 0 Å². The van der Waals surface area contributed by atoms with Crippen molar-refractivity contribution in [3.8, 4) is 0 Å². The minimum absolute atomic E-state index is 0.102. The Morgan fingerprint density at radius 3 is 2.13 bits per heavy atom. The van der Waals surface area contributed by atoms with Crippen LogP contribution in [-0.4, -0.2) is 5.78 Å². The molecule has 200 valence electrons. The molecule has 0 spiro atoms. The van der Waals surface area contributed by atoms with Gasteiger partial charge in [0.15, 0.2) is 5.78 Å². The second-order valence-electron chi connectivity index (χ2n) is 11.7. The lowest BCUT2D eigenvalue weighted by atomic mass is 9.79. The summed E-state index contributed by atoms with van der Waals surface area (Å²) in [6.07, 6.45) is 11.9. The lowest BCUT2D eigenvalue weighted by molar-refractivity contribution is -0.116. The molecule has 0 saturated heterocycles. The minimum Gasteiger partial charge on any atom is -0.294 e. The van der Waals surface area contributed by atoms with Crippen LogP contribution in [0.25, 0.3) is 6.08 Å². The molecular formula is C37H46O. The molecule has 2 aliphatic carbocycles. The third-order valence-electron chi connectivity index (χ3n) is 8.34. The summed E-state index contributed by atoms with van der Waals surface area (Å²) in [6, 6.07) is 24.8. The molecule has 3 aromatic carbocycles. The predicted octanol–water partition coefficient (Wildman–Crippen LogP) is 9.72. The summed E-state index contributed by atoms with van der Waals surface area (Å²) in [5.41, 5.74) is 9.20. The van der Waals surface area contributed by atoms with Gasteiger partial charge in [-0.1, -0.05) is 120 Å². The van der Waals surface area contributed by atoms with Crippen molar-refractivity contribution in [2.45, 2.75) is 91.4 Å². The Bertz CT molecular complexity index is 1220. The Morgan fingerprint density at radius 2 is 1.45 bits per heavy atom. The molecular weight excluding hydrogens is 460 g/mol. The second-order valence-corrected chi connectivity index (χ2v) is 11.7. The first-order valence-corrected chi connectivity index (χ1v) is 15.0. The van der Waals surface area contributed by atoms with Crippen LogP contribution in [-0.2, 0) is 24.1 Å². The Labute approximate surface area is 231 Å². The van der Waals surface area contributed by atoms with Gasteiger partial charge in [0.1, 0.15) is 0 Å². The largest absolute Gasteiger partial charge is 0.294 e. The van der Waals surface area contributed by atoms with E-state index in [1.807, 2.05) is 19.9 Å². The molecule has 1 saturated carbocycles. The van der Waals surface area contributed by atoms with E-state index in [1.165, 1.54) is 64.6 Å². The Kier molecular flexibility index (Phi) is 9.78. The van der Waals surface area contributed by atoms with Gasteiger partial charge in [0, 0.05) is 0 Å². The van der Waals surface area contributed by atoms with Crippen LogP contribution in [0, 0.1) is 11.8 Å². The Hall–Kier alpha value is -2.93. The van der Waals surface area contributed by atoms with Crippen molar-refractivity contribution in [1.82, 2.24) is 0 Å². The smallest absolute Gasteiger partial charge is 0.163 e. The third-order valence-corrected chi connectivity index (χ3v) is 8.34. The highest BCUT2D eigenvalue weighted by Gasteiger charge is 2.26. The molecule has 0 N–H and O–H groups in total. The van der Waals surface area contributed by atoms with Crippen LogP contribution >= 0.6 is 0 Å². The number of carbonyl (C=O) groups is 1. The van der Waals surface area contributed by atoms with E-state index in [0.717, 1.165) is 31.1 Å². The van der Waals surface area contributed by atoms with Crippen LogP contribution in [0.2, 0.25) is 0 Å². The van der Waals surface area contributed by atoms with Gasteiger partial charge in [-0.25, -0.2) is 0 Å². The van der Waals surface area contributed by atoms with Crippen LogP contribution in [0.15, 0.2) is 72.8 Å². The van der Waals surface area contributed by atoms with Gasteiger partial charge in [-0.3, -0.25) is 4.79 Å². The summed E-state index contributed by atoms with van der Waals surface area (Å²) < 4.78 is 0. The molecule has 0 heterocycles. The van der Waals surface area contributed by atoms with Gasteiger partial charge >= 0.3 is 0 Å². The molecule has 3 aromatic rings. The van der Waals surface area contributed by atoms with Crippen molar-refractivity contribution < 1.29 is 4.79 Å². The number of allylic oxidation sites excluding steroid dienone is 1. The molecule has 1 atom stereocenters. The van der Waals surface area contributed by atoms with E-state index in [9.17, 15) is 4.79 Å². The van der Waals surface area contributed by atoms with E-state index in [-0.39, 0.29) is 11.7 Å². The monoisotopic (exact) mass is 506 g/mol. The van der Waals surface area contributed by atoms with Crippen molar-refractivity contribution in [2.75, 3.05) is 0 Å². The molecule has 0 radical (unpaired) electrons. The molecule has 2 aliphatic rings. The molecule has 0 bridgehead atoms. The van der Waals surface area contributed by atoms with Gasteiger partial charge in [-0.2, -0.15) is 0 Å². The summed E-state index contributed by atoms with van der Waals surface area (Å²) in [6.45, 7) is 10.9. The van der Waals surface area contributed by atoms with E-state index in [2.05, 4.69) is 87.5 Å². The zero-order valence-corrected chi connectivity index (χ0v) is 24.2. The summed E-state index contributed by atoms with van der Waals surface area (Å²) >= 11 is 0. The molecule has 5 rings (SSSR count). The molecule has 0 aromatic heterocycles. The summed E-state index contributed by atoms with van der Waals surface area (Å²) in [5.74, 6) is 2.34. The highest BCUT2D eigenvalue weighted by Crippen LogP contribution is 2.36. The summed E-state index contributed by atoms with van der Waals surface area (Å²) in [5, 5.41) is 0. The van der Waals surface area contributed by atoms with Crippen molar-refractivity contribution in [2.24, 2.45) is 11.8 Å². The standard InChI is InChI=1S/C35H40O.C2H6/c1-24(2)20-31-6-4-5-7-32(31)23-34-33-22-27(12-17-30(33)18-19-35(34)36)21-26-10-15-29(16-11-26)28-13-8-25(3)9-14-28;1-2/h4-7,10-12,15-19,22,24-25,28,34H,8-9,13-14,20-21,23H2,1-3H3;1-2H3. The maximum Gasteiger partial charge on any atom is 0.163 e. The van der Waals surface area contributed by atoms with Crippen molar-refractivity contribution in [3.63, 3.8) is 0 Å². The maximum absolute atomic E-state index is 13.1. The Morgan fingerprint density at radius 1 is 0.789 bits per heavy atom. The first-order chi connectivity index (χ1) is 18.5. The van der Waals surface area contributed by atoms with E-state index < -0.39 is 0 Å². The SMILES string of the molecule is CC.CC(C)Cc1ccccc1CC1C(=O)C=Cc2ccc(Cc3ccc(C4CCC(C)CC4)cc3)cc21. The van der Waals surface area contributed by atoms with E-state index in [0.29, 0.717) is 5.92 Å². The maximum atomic E-state index is 13.1. The first kappa shape index (κ1) is 28.1. The zero-order chi connectivity index (χ0) is 27.1. The molecule has 0 aliphatic heterocycles. The lowest BCUT2D eigenvalue weighted by Gasteiger charge is -2.26. The third kappa shape index (κ3) is 6.93. The fraction of sp³-hybridized carbons (Fsp3) is 0.432.